The summed E-state index contributed by atoms with van der Waals surface area (Å²) in [6.07, 6.45) is -1.06. The number of benzene rings is 3. The predicted molar refractivity (Wildman–Crippen MR) is 137 cm³/mol. The summed E-state index contributed by atoms with van der Waals surface area (Å²) in [6, 6.07) is 19.9. The second-order valence-corrected chi connectivity index (χ2v) is 10.5. The lowest BCUT2D eigenvalue weighted by molar-refractivity contribution is -0.148. The lowest BCUT2D eigenvalue weighted by Gasteiger charge is -2.34. The number of amides is 1. The van der Waals surface area contributed by atoms with Crippen molar-refractivity contribution in [3.63, 3.8) is 0 Å². The van der Waals surface area contributed by atoms with E-state index in [2.05, 4.69) is 0 Å². The Bertz CT molecular complexity index is 1400. The van der Waals surface area contributed by atoms with Crippen LogP contribution in [0.3, 0.4) is 0 Å². The van der Waals surface area contributed by atoms with Gasteiger partial charge in [0.15, 0.2) is 0 Å². The van der Waals surface area contributed by atoms with Gasteiger partial charge in [0.05, 0.1) is 33.0 Å². The van der Waals surface area contributed by atoms with Gasteiger partial charge < -0.3 is 19.1 Å². The number of hydrogen-bond donors (Lipinski definition) is 0. The molecule has 11 heteroatoms. The molecule has 1 heterocycles. The Morgan fingerprint density at radius 2 is 1.76 bits per heavy atom. The maximum absolute atomic E-state index is 13.9. The summed E-state index contributed by atoms with van der Waals surface area (Å²) in [5.41, 5.74) is 1.10. The second-order valence-electron chi connectivity index (χ2n) is 8.16. The molecule has 3 aromatic rings. The molecule has 0 radical (unpaired) electrons. The molecule has 0 aromatic heterocycles. The summed E-state index contributed by atoms with van der Waals surface area (Å²) in [5, 5.41) is 0.202. The van der Waals surface area contributed by atoms with E-state index in [0.29, 0.717) is 17.0 Å². The minimum Gasteiger partial charge on any atom is -0.495 e. The van der Waals surface area contributed by atoms with Gasteiger partial charge in [-0.15, -0.1) is 0 Å². The van der Waals surface area contributed by atoms with Crippen LogP contribution < -0.4 is 14.4 Å². The molecule has 0 fully saturated rings. The molecule has 1 atom stereocenters. The smallest absolute Gasteiger partial charge is 0.348 e. The molecule has 0 spiro atoms. The predicted octanol–water partition coefficient (Wildman–Crippen LogP) is 3.51. The first-order chi connectivity index (χ1) is 17.7. The maximum atomic E-state index is 13.9. The molecule has 1 aliphatic heterocycles. The molecule has 194 valence electrons. The van der Waals surface area contributed by atoms with Crippen molar-refractivity contribution in [2.45, 2.75) is 17.5 Å². The van der Waals surface area contributed by atoms with Crippen molar-refractivity contribution < 1.29 is 32.2 Å². The zero-order valence-electron chi connectivity index (χ0n) is 20.2. The summed E-state index contributed by atoms with van der Waals surface area (Å²) < 4.78 is 44.6. The van der Waals surface area contributed by atoms with Crippen molar-refractivity contribution in [3.8, 4) is 11.5 Å². The first kappa shape index (κ1) is 26.5. The summed E-state index contributed by atoms with van der Waals surface area (Å²) in [7, 11) is -1.68. The minimum absolute atomic E-state index is 0.0863. The van der Waals surface area contributed by atoms with Crippen LogP contribution in [0, 0.1) is 0 Å². The standard InChI is InChI=1S/C26H25ClN2O7S/c1-34-22-13-12-19(27)14-24(22)37(32,33)28(15-18-8-4-3-5-9-18)17-25(30)29-16-23(26(31)35-2)36-21-11-7-6-10-20(21)29/h3-14,23H,15-17H2,1-2H3. The highest BCUT2D eigenvalue weighted by molar-refractivity contribution is 7.89. The van der Waals surface area contributed by atoms with Crippen LogP contribution in [0.15, 0.2) is 77.7 Å². The SMILES string of the molecule is COC(=O)C1CN(C(=O)CN(Cc2ccccc2)S(=O)(=O)c2cc(Cl)ccc2OC)c2ccccc2O1. The molecule has 37 heavy (non-hydrogen) atoms. The number of nitrogens with zero attached hydrogens (tertiary/aromatic N) is 2. The molecule has 1 unspecified atom stereocenters. The molecule has 4 rings (SSSR count). The molecule has 9 nitrogen and oxygen atoms in total. The van der Waals surface area contributed by atoms with Crippen LogP contribution in [0.4, 0.5) is 5.69 Å². The van der Waals surface area contributed by atoms with Crippen LogP contribution in [-0.2, 0) is 30.9 Å². The van der Waals surface area contributed by atoms with Crippen LogP contribution in [0.25, 0.3) is 0 Å². The van der Waals surface area contributed by atoms with E-state index in [4.69, 9.17) is 25.8 Å². The van der Waals surface area contributed by atoms with Crippen LogP contribution in [0.2, 0.25) is 5.02 Å². The van der Waals surface area contributed by atoms with E-state index in [1.165, 1.54) is 37.3 Å². The molecule has 1 amide bonds. The van der Waals surface area contributed by atoms with Crippen LogP contribution in [0.5, 0.6) is 11.5 Å². The van der Waals surface area contributed by atoms with E-state index < -0.39 is 34.5 Å². The molecule has 3 aromatic carbocycles. The molecule has 0 saturated heterocycles. The fourth-order valence-electron chi connectivity index (χ4n) is 3.97. The first-order valence-electron chi connectivity index (χ1n) is 11.3. The van der Waals surface area contributed by atoms with Crippen molar-refractivity contribution in [2.24, 2.45) is 0 Å². The monoisotopic (exact) mass is 544 g/mol. The van der Waals surface area contributed by atoms with Crippen molar-refractivity contribution in [1.82, 2.24) is 4.31 Å². The maximum Gasteiger partial charge on any atom is 0.348 e. The van der Waals surface area contributed by atoms with Gasteiger partial charge in [0.25, 0.3) is 0 Å². The van der Waals surface area contributed by atoms with E-state index in [1.54, 1.807) is 48.5 Å². The van der Waals surface area contributed by atoms with E-state index in [9.17, 15) is 18.0 Å². The zero-order chi connectivity index (χ0) is 26.6. The summed E-state index contributed by atoms with van der Waals surface area (Å²) in [6.45, 7) is -0.742. The minimum atomic E-state index is -4.26. The number of rotatable bonds is 8. The number of methoxy groups -OCH3 is 2. The number of sulfonamides is 1. The second kappa shape index (κ2) is 11.2. The average molecular weight is 545 g/mol. The number of hydrogen-bond acceptors (Lipinski definition) is 7. The number of ether oxygens (including phenoxy) is 3. The number of carbonyl (C=O) groups excluding carboxylic acids is 2. The summed E-state index contributed by atoms with van der Waals surface area (Å²) >= 11 is 6.12. The van der Waals surface area contributed by atoms with Gasteiger partial charge >= 0.3 is 5.97 Å². The van der Waals surface area contributed by atoms with Crippen molar-refractivity contribution in [1.29, 1.82) is 0 Å². The van der Waals surface area contributed by atoms with Crippen LogP contribution in [-0.4, -0.2) is 58.0 Å². The first-order valence-corrected chi connectivity index (χ1v) is 13.1. The average Bonchev–Trinajstić information content (AvgIpc) is 2.92. The summed E-state index contributed by atoms with van der Waals surface area (Å²) in [4.78, 5) is 27.1. The largest absolute Gasteiger partial charge is 0.495 e. The highest BCUT2D eigenvalue weighted by atomic mass is 35.5. The van der Waals surface area contributed by atoms with Gasteiger partial charge in [0, 0.05) is 11.6 Å². The lowest BCUT2D eigenvalue weighted by atomic mass is 10.2. The number of carbonyl (C=O) groups is 2. The van der Waals surface area contributed by atoms with Gasteiger partial charge in [-0.05, 0) is 35.9 Å². The van der Waals surface area contributed by atoms with E-state index in [-0.39, 0.29) is 28.8 Å². The quantitative estimate of drug-likeness (QED) is 0.400. The molecule has 0 aliphatic carbocycles. The topological polar surface area (TPSA) is 102 Å². The van der Waals surface area contributed by atoms with Gasteiger partial charge in [0.2, 0.25) is 22.0 Å². The van der Waals surface area contributed by atoms with E-state index in [0.717, 1.165) is 4.31 Å². The number of anilines is 1. The Morgan fingerprint density at radius 1 is 1.05 bits per heavy atom. The third-order valence-corrected chi connectivity index (χ3v) is 7.84. The molecule has 0 bridgehead atoms. The lowest BCUT2D eigenvalue weighted by Crippen LogP contribution is -2.50. The van der Waals surface area contributed by atoms with Crippen LogP contribution >= 0.6 is 11.6 Å². The van der Waals surface area contributed by atoms with Crippen molar-refractivity contribution in [2.75, 3.05) is 32.2 Å². The number of halogens is 1. The Balaban J connectivity index is 1.72. The number of para-hydroxylation sites is 2. The zero-order valence-corrected chi connectivity index (χ0v) is 21.7. The Labute approximate surface area is 220 Å². The number of esters is 1. The molecule has 0 N–H and O–H groups in total. The third-order valence-electron chi connectivity index (χ3n) is 5.80. The fourth-order valence-corrected chi connectivity index (χ4v) is 5.76. The Kier molecular flexibility index (Phi) is 8.01. The normalized spacial score (nSPS) is 15.0. The van der Waals surface area contributed by atoms with E-state index in [1.807, 2.05) is 6.07 Å². The summed E-state index contributed by atoms with van der Waals surface area (Å²) in [5.74, 6) is -0.793. The highest BCUT2D eigenvalue weighted by Gasteiger charge is 2.37. The van der Waals surface area contributed by atoms with E-state index >= 15 is 0 Å². The van der Waals surface area contributed by atoms with Crippen molar-refractivity contribution in [3.05, 3.63) is 83.4 Å². The fraction of sp³-hybridized carbons (Fsp3) is 0.231. The van der Waals surface area contributed by atoms with Gasteiger partial charge in [0.1, 0.15) is 16.4 Å². The molecular weight excluding hydrogens is 520 g/mol. The molecule has 1 aliphatic rings. The van der Waals surface area contributed by atoms with Gasteiger partial charge in [-0.1, -0.05) is 54.1 Å². The number of fused-ring (bicyclic) bond motifs is 1. The van der Waals surface area contributed by atoms with Gasteiger partial charge in [-0.3, -0.25) is 4.79 Å². The Morgan fingerprint density at radius 3 is 2.46 bits per heavy atom. The highest BCUT2D eigenvalue weighted by Crippen LogP contribution is 2.35. The van der Waals surface area contributed by atoms with Crippen molar-refractivity contribution >= 4 is 39.2 Å². The van der Waals surface area contributed by atoms with Crippen LogP contribution in [0.1, 0.15) is 5.56 Å². The molecule has 0 saturated carbocycles. The van der Waals surface area contributed by atoms with Gasteiger partial charge in [-0.2, -0.15) is 4.31 Å². The third kappa shape index (κ3) is 5.71. The van der Waals surface area contributed by atoms with Gasteiger partial charge in [-0.25, -0.2) is 13.2 Å². The Hall–Kier alpha value is -3.60. The molecular formula is C26H25ClN2O7S.